The Hall–Kier alpha value is -1.15. The number of aromatic amines is 1. The zero-order valence-electron chi connectivity index (χ0n) is 9.57. The Morgan fingerprint density at radius 1 is 1.44 bits per heavy atom. The Balaban J connectivity index is 3.01. The molecule has 0 saturated heterocycles. The number of hydrogen-bond acceptors (Lipinski definition) is 5. The summed E-state index contributed by atoms with van der Waals surface area (Å²) in [6, 6.07) is 1.19. The molecule has 0 bridgehead atoms. The molecule has 0 aliphatic rings. The van der Waals surface area contributed by atoms with Gasteiger partial charge in [0.05, 0.1) is 0 Å². The van der Waals surface area contributed by atoms with Crippen molar-refractivity contribution in [1.29, 1.82) is 0 Å². The average molecular weight is 296 g/mol. The summed E-state index contributed by atoms with van der Waals surface area (Å²) in [5.74, 6) is -0.794. The lowest BCUT2D eigenvalue weighted by molar-refractivity contribution is -0.114. The lowest BCUT2D eigenvalue weighted by Crippen LogP contribution is -2.24. The molecule has 2 N–H and O–H groups in total. The fourth-order valence-corrected chi connectivity index (χ4v) is 1.27. The summed E-state index contributed by atoms with van der Waals surface area (Å²) in [4.78, 5) is 27.6. The van der Waals surface area contributed by atoms with E-state index in [4.69, 9.17) is 32.7 Å². The molecule has 1 aromatic rings. The molecule has 0 fully saturated rings. The molecule has 0 saturated carbocycles. The van der Waals surface area contributed by atoms with Crippen LogP contribution in [0.15, 0.2) is 10.9 Å². The first kappa shape index (κ1) is 14.9. The standard InChI is InChI=1S/C9H11Cl2N3O4/c1-17-8(18-2)4-3-5(15)13-9(12-4)14-7(16)6(10)11/h3,6,8H,1-2H3,(H2,12,13,14,15,16). The molecule has 0 atom stereocenters. The highest BCUT2D eigenvalue weighted by atomic mass is 35.5. The number of methoxy groups -OCH3 is 2. The van der Waals surface area contributed by atoms with Crippen LogP contribution in [-0.2, 0) is 14.3 Å². The molecule has 1 rings (SSSR count). The Bertz CT molecular complexity index is 473. The van der Waals surface area contributed by atoms with Crippen LogP contribution in [-0.4, -0.2) is 34.9 Å². The number of nitrogens with one attached hydrogen (secondary N) is 2. The van der Waals surface area contributed by atoms with Gasteiger partial charge in [0.1, 0.15) is 5.69 Å². The van der Waals surface area contributed by atoms with Gasteiger partial charge in [0, 0.05) is 20.3 Å². The first-order valence-electron chi connectivity index (χ1n) is 4.73. The lowest BCUT2D eigenvalue weighted by atomic mass is 10.4. The summed E-state index contributed by atoms with van der Waals surface area (Å²) in [5.41, 5.74) is -0.269. The van der Waals surface area contributed by atoms with E-state index in [1.54, 1.807) is 0 Å². The van der Waals surface area contributed by atoms with E-state index >= 15 is 0 Å². The Morgan fingerprint density at radius 3 is 2.56 bits per heavy atom. The van der Waals surface area contributed by atoms with Gasteiger partial charge < -0.3 is 9.47 Å². The van der Waals surface area contributed by atoms with E-state index in [1.165, 1.54) is 20.3 Å². The summed E-state index contributed by atoms with van der Waals surface area (Å²) >= 11 is 10.7. The molecule has 0 aliphatic heterocycles. The van der Waals surface area contributed by atoms with Crippen molar-refractivity contribution in [1.82, 2.24) is 9.97 Å². The second-order valence-electron chi connectivity index (χ2n) is 3.11. The van der Waals surface area contributed by atoms with Crippen LogP contribution in [0.4, 0.5) is 5.95 Å². The van der Waals surface area contributed by atoms with E-state index in [2.05, 4.69) is 15.3 Å². The second-order valence-corrected chi connectivity index (χ2v) is 4.21. The topological polar surface area (TPSA) is 93.3 Å². The van der Waals surface area contributed by atoms with E-state index in [9.17, 15) is 9.59 Å². The van der Waals surface area contributed by atoms with Crippen molar-refractivity contribution in [2.24, 2.45) is 0 Å². The maximum Gasteiger partial charge on any atom is 0.259 e. The number of amides is 1. The summed E-state index contributed by atoms with van der Waals surface area (Å²) in [7, 11) is 2.78. The van der Waals surface area contributed by atoms with E-state index in [0.29, 0.717) is 0 Å². The first-order chi connectivity index (χ1) is 8.47. The van der Waals surface area contributed by atoms with Crippen molar-refractivity contribution in [3.8, 4) is 0 Å². The van der Waals surface area contributed by atoms with Gasteiger partial charge in [0.25, 0.3) is 11.5 Å². The number of halogens is 2. The average Bonchev–Trinajstić information content (AvgIpc) is 2.29. The highest BCUT2D eigenvalue weighted by Crippen LogP contribution is 2.14. The SMILES string of the molecule is COC(OC)c1cc(=O)[nH]c(NC(=O)C(Cl)Cl)n1. The third-order valence-electron chi connectivity index (χ3n) is 1.87. The van der Waals surface area contributed by atoms with Crippen LogP contribution in [0.3, 0.4) is 0 Å². The zero-order valence-corrected chi connectivity index (χ0v) is 11.1. The van der Waals surface area contributed by atoms with Gasteiger partial charge in [0.15, 0.2) is 4.84 Å². The predicted molar refractivity (Wildman–Crippen MR) is 65.7 cm³/mol. The normalized spacial score (nSPS) is 11.0. The van der Waals surface area contributed by atoms with Crippen LogP contribution in [0, 0.1) is 0 Å². The number of rotatable bonds is 5. The Kier molecular flexibility index (Phi) is 5.54. The number of hydrogen-bond donors (Lipinski definition) is 2. The fraction of sp³-hybridized carbons (Fsp3) is 0.444. The fourth-order valence-electron chi connectivity index (χ4n) is 1.17. The second kappa shape index (κ2) is 6.69. The highest BCUT2D eigenvalue weighted by Gasteiger charge is 2.16. The number of alkyl halides is 2. The van der Waals surface area contributed by atoms with Crippen molar-refractivity contribution >= 4 is 35.1 Å². The monoisotopic (exact) mass is 295 g/mol. The molecule has 18 heavy (non-hydrogen) atoms. The predicted octanol–water partition coefficient (Wildman–Crippen LogP) is 0.803. The van der Waals surface area contributed by atoms with E-state index in [0.717, 1.165) is 0 Å². The molecule has 0 radical (unpaired) electrons. The van der Waals surface area contributed by atoms with Gasteiger partial charge in [-0.05, 0) is 0 Å². The van der Waals surface area contributed by atoms with Gasteiger partial charge in [-0.2, -0.15) is 0 Å². The number of carbonyl (C=O) groups excluding carboxylic acids is 1. The van der Waals surface area contributed by atoms with Gasteiger partial charge >= 0.3 is 0 Å². The van der Waals surface area contributed by atoms with Gasteiger partial charge in [-0.25, -0.2) is 4.98 Å². The molecule has 0 spiro atoms. The van der Waals surface area contributed by atoms with Crippen LogP contribution in [0.25, 0.3) is 0 Å². The van der Waals surface area contributed by atoms with Crippen molar-refractivity contribution < 1.29 is 14.3 Å². The molecule has 0 aromatic carbocycles. The highest BCUT2D eigenvalue weighted by molar-refractivity contribution is 6.54. The molecule has 7 nitrogen and oxygen atoms in total. The van der Waals surface area contributed by atoms with E-state index in [-0.39, 0.29) is 11.6 Å². The molecule has 1 aromatic heterocycles. The summed E-state index contributed by atoms with van der Waals surface area (Å²) < 4.78 is 9.89. The first-order valence-corrected chi connectivity index (χ1v) is 5.61. The minimum absolute atomic E-state index is 0.0899. The van der Waals surface area contributed by atoms with Crippen LogP contribution in [0.2, 0.25) is 0 Å². The largest absolute Gasteiger partial charge is 0.350 e. The van der Waals surface area contributed by atoms with Crippen molar-refractivity contribution in [2.75, 3.05) is 19.5 Å². The molecule has 1 amide bonds. The lowest BCUT2D eigenvalue weighted by Gasteiger charge is -2.13. The maximum atomic E-state index is 11.4. The molecule has 0 aliphatic carbocycles. The van der Waals surface area contributed by atoms with Gasteiger partial charge in [-0.1, -0.05) is 23.2 Å². The van der Waals surface area contributed by atoms with Gasteiger partial charge in [0.2, 0.25) is 12.2 Å². The van der Waals surface area contributed by atoms with Crippen LogP contribution < -0.4 is 10.9 Å². The summed E-state index contributed by atoms with van der Waals surface area (Å²) in [5, 5.41) is 2.25. The number of anilines is 1. The third-order valence-corrected chi connectivity index (χ3v) is 2.27. The Labute approximate surface area is 112 Å². The molecular weight excluding hydrogens is 285 g/mol. The van der Waals surface area contributed by atoms with Crippen molar-refractivity contribution in [2.45, 2.75) is 11.1 Å². The van der Waals surface area contributed by atoms with Crippen LogP contribution in [0.5, 0.6) is 0 Å². The minimum Gasteiger partial charge on any atom is -0.350 e. The summed E-state index contributed by atoms with van der Waals surface area (Å²) in [6.45, 7) is 0. The molecule has 0 unspecified atom stereocenters. The maximum absolute atomic E-state index is 11.4. The number of aromatic nitrogens is 2. The van der Waals surface area contributed by atoms with Gasteiger partial charge in [-0.15, -0.1) is 0 Å². The Morgan fingerprint density at radius 2 is 2.06 bits per heavy atom. The van der Waals surface area contributed by atoms with E-state index in [1.807, 2.05) is 0 Å². The zero-order chi connectivity index (χ0) is 13.7. The van der Waals surface area contributed by atoms with Crippen LogP contribution >= 0.6 is 23.2 Å². The van der Waals surface area contributed by atoms with Crippen LogP contribution in [0.1, 0.15) is 12.0 Å². The number of H-pyrrole nitrogens is 1. The third kappa shape index (κ3) is 3.95. The number of nitrogens with zero attached hydrogens (tertiary/aromatic N) is 1. The molecule has 100 valence electrons. The molecule has 9 heteroatoms. The molecular formula is C9H11Cl2N3O4. The quantitative estimate of drug-likeness (QED) is 0.619. The number of carbonyl (C=O) groups is 1. The summed E-state index contributed by atoms with van der Waals surface area (Å²) in [6.07, 6.45) is -0.814. The minimum atomic E-state index is -1.26. The van der Waals surface area contributed by atoms with Crippen molar-refractivity contribution in [3.63, 3.8) is 0 Å². The number of ether oxygens (including phenoxy) is 2. The van der Waals surface area contributed by atoms with Crippen molar-refractivity contribution in [3.05, 3.63) is 22.1 Å². The smallest absolute Gasteiger partial charge is 0.259 e. The van der Waals surface area contributed by atoms with E-state index < -0.39 is 22.6 Å². The molecule has 1 heterocycles. The van der Waals surface area contributed by atoms with Gasteiger partial charge in [-0.3, -0.25) is 19.9 Å².